The molecule has 0 saturated carbocycles. The third kappa shape index (κ3) is 4.04. The molecule has 0 spiro atoms. The van der Waals surface area contributed by atoms with Gasteiger partial charge < -0.3 is 10.1 Å². The van der Waals surface area contributed by atoms with E-state index in [2.05, 4.69) is 15.5 Å². The number of carbonyl (C=O) groups excluding carboxylic acids is 1. The number of fused-ring (bicyclic) bond motifs is 1. The van der Waals surface area contributed by atoms with Gasteiger partial charge in [0.25, 0.3) is 0 Å². The molecule has 29 heavy (non-hydrogen) atoms. The van der Waals surface area contributed by atoms with Gasteiger partial charge in [0.2, 0.25) is 15.9 Å². The summed E-state index contributed by atoms with van der Waals surface area (Å²) in [5.74, 6) is 1.04. The summed E-state index contributed by atoms with van der Waals surface area (Å²) in [4.78, 5) is 12.5. The number of hydrogen-bond donors (Lipinski definition) is 2. The number of hydrogen-bond acceptors (Lipinski definition) is 5. The molecule has 2 heterocycles. The van der Waals surface area contributed by atoms with Crippen LogP contribution in [0.15, 0.2) is 42.5 Å². The zero-order chi connectivity index (χ0) is 20.4. The van der Waals surface area contributed by atoms with Gasteiger partial charge in [0.15, 0.2) is 5.82 Å². The fourth-order valence-electron chi connectivity index (χ4n) is 3.46. The van der Waals surface area contributed by atoms with E-state index in [-0.39, 0.29) is 18.1 Å². The summed E-state index contributed by atoms with van der Waals surface area (Å²) >= 11 is 0. The van der Waals surface area contributed by atoms with Gasteiger partial charge >= 0.3 is 0 Å². The Morgan fingerprint density at radius 1 is 1.28 bits per heavy atom. The normalized spacial score (nSPS) is 15.6. The van der Waals surface area contributed by atoms with Crippen LogP contribution >= 0.6 is 0 Å². The molecule has 0 radical (unpaired) electrons. The highest BCUT2D eigenvalue weighted by Gasteiger charge is 2.28. The van der Waals surface area contributed by atoms with Crippen molar-refractivity contribution in [3.8, 4) is 5.75 Å². The van der Waals surface area contributed by atoms with Crippen molar-refractivity contribution in [2.45, 2.75) is 19.8 Å². The Bertz CT molecular complexity index is 1160. The first kappa shape index (κ1) is 19.3. The minimum atomic E-state index is -3.27. The van der Waals surface area contributed by atoms with Crippen LogP contribution in [0.5, 0.6) is 5.75 Å². The van der Waals surface area contributed by atoms with Gasteiger partial charge in [0.05, 0.1) is 30.0 Å². The zero-order valence-electron chi connectivity index (χ0n) is 16.0. The van der Waals surface area contributed by atoms with Gasteiger partial charge in [-0.05, 0) is 49.2 Å². The van der Waals surface area contributed by atoms with E-state index < -0.39 is 10.0 Å². The molecule has 2 N–H and O–H groups in total. The Balaban J connectivity index is 1.54. The molecule has 1 aliphatic rings. The highest BCUT2D eigenvalue weighted by atomic mass is 32.2. The van der Waals surface area contributed by atoms with E-state index >= 15 is 0 Å². The molecule has 0 aliphatic carbocycles. The van der Waals surface area contributed by atoms with E-state index in [1.165, 1.54) is 4.31 Å². The Morgan fingerprint density at radius 3 is 2.90 bits per heavy atom. The molecule has 1 fully saturated rings. The molecule has 0 atom stereocenters. The molecule has 8 nitrogen and oxygen atoms in total. The average molecular weight is 414 g/mol. The lowest BCUT2D eigenvalue weighted by Crippen LogP contribution is -2.24. The van der Waals surface area contributed by atoms with Crippen molar-refractivity contribution in [3.05, 3.63) is 48.0 Å². The standard InChI is InChI=1S/C20H22N4O4S/c1-2-28-16-6-3-5-14(11-16)12-19(25)21-20-17-13-15(7-8-18(17)22-23-20)24-9-4-10-29(24,26)27/h3,5-8,11,13H,2,4,9-10,12H2,1H3,(H2,21,22,23,25). The summed E-state index contributed by atoms with van der Waals surface area (Å²) in [6, 6.07) is 12.7. The number of ether oxygens (including phenoxy) is 1. The summed E-state index contributed by atoms with van der Waals surface area (Å²) < 4.78 is 31.3. The zero-order valence-corrected chi connectivity index (χ0v) is 16.8. The Hall–Kier alpha value is -3.07. The fourth-order valence-corrected chi connectivity index (χ4v) is 5.01. The number of sulfonamides is 1. The van der Waals surface area contributed by atoms with E-state index in [1.54, 1.807) is 18.2 Å². The van der Waals surface area contributed by atoms with Gasteiger partial charge in [0, 0.05) is 11.9 Å². The number of benzene rings is 2. The maximum absolute atomic E-state index is 12.5. The van der Waals surface area contributed by atoms with Crippen molar-refractivity contribution >= 4 is 38.3 Å². The number of carbonyl (C=O) groups is 1. The fraction of sp³-hybridized carbons (Fsp3) is 0.300. The smallest absolute Gasteiger partial charge is 0.235 e. The van der Waals surface area contributed by atoms with Gasteiger partial charge in [-0.2, -0.15) is 5.10 Å². The summed E-state index contributed by atoms with van der Waals surface area (Å²) in [5.41, 5.74) is 2.13. The Labute approximate surface area is 168 Å². The molecule has 1 amide bonds. The minimum Gasteiger partial charge on any atom is -0.494 e. The number of H-pyrrole nitrogens is 1. The predicted molar refractivity (Wildman–Crippen MR) is 112 cm³/mol. The number of anilines is 2. The number of aromatic amines is 1. The summed E-state index contributed by atoms with van der Waals surface area (Å²) in [6.07, 6.45) is 0.783. The van der Waals surface area contributed by atoms with E-state index in [9.17, 15) is 13.2 Å². The van der Waals surface area contributed by atoms with Crippen LogP contribution < -0.4 is 14.4 Å². The number of aromatic nitrogens is 2. The van der Waals surface area contributed by atoms with E-state index in [0.29, 0.717) is 36.5 Å². The number of nitrogens with one attached hydrogen (secondary N) is 2. The van der Waals surface area contributed by atoms with Crippen LogP contribution in [0.2, 0.25) is 0 Å². The molecule has 2 aromatic carbocycles. The van der Waals surface area contributed by atoms with E-state index in [0.717, 1.165) is 16.8 Å². The number of amides is 1. The second-order valence-electron chi connectivity index (χ2n) is 6.85. The number of rotatable bonds is 6. The molecular formula is C20H22N4O4S. The quantitative estimate of drug-likeness (QED) is 0.645. The summed E-state index contributed by atoms with van der Waals surface area (Å²) in [5, 5.41) is 10.5. The van der Waals surface area contributed by atoms with Gasteiger partial charge in [-0.25, -0.2) is 8.42 Å². The van der Waals surface area contributed by atoms with E-state index in [4.69, 9.17) is 4.74 Å². The minimum absolute atomic E-state index is 0.154. The molecule has 3 aromatic rings. The maximum atomic E-state index is 12.5. The second-order valence-corrected chi connectivity index (χ2v) is 8.86. The first-order valence-electron chi connectivity index (χ1n) is 9.46. The lowest BCUT2D eigenvalue weighted by molar-refractivity contribution is -0.115. The highest BCUT2D eigenvalue weighted by molar-refractivity contribution is 7.93. The van der Waals surface area contributed by atoms with Gasteiger partial charge in [-0.3, -0.25) is 14.2 Å². The van der Waals surface area contributed by atoms with Gasteiger partial charge in [-0.15, -0.1) is 0 Å². The van der Waals surface area contributed by atoms with Crippen molar-refractivity contribution in [2.75, 3.05) is 28.5 Å². The Morgan fingerprint density at radius 2 is 2.14 bits per heavy atom. The summed E-state index contributed by atoms with van der Waals surface area (Å²) in [6.45, 7) is 2.93. The van der Waals surface area contributed by atoms with Gasteiger partial charge in [-0.1, -0.05) is 12.1 Å². The molecule has 0 unspecified atom stereocenters. The molecule has 1 saturated heterocycles. The van der Waals surface area contributed by atoms with Crippen molar-refractivity contribution in [1.29, 1.82) is 0 Å². The average Bonchev–Trinajstić information content (AvgIpc) is 3.24. The lowest BCUT2D eigenvalue weighted by Gasteiger charge is -2.16. The molecule has 152 valence electrons. The third-order valence-electron chi connectivity index (χ3n) is 4.77. The van der Waals surface area contributed by atoms with Crippen molar-refractivity contribution in [1.82, 2.24) is 10.2 Å². The van der Waals surface area contributed by atoms with Crippen molar-refractivity contribution in [2.24, 2.45) is 0 Å². The van der Waals surface area contributed by atoms with Crippen LogP contribution in [0.4, 0.5) is 11.5 Å². The predicted octanol–water partition coefficient (Wildman–Crippen LogP) is 2.68. The highest BCUT2D eigenvalue weighted by Crippen LogP contribution is 2.30. The van der Waals surface area contributed by atoms with Crippen LogP contribution in [0, 0.1) is 0 Å². The number of nitrogens with zero attached hydrogens (tertiary/aromatic N) is 2. The van der Waals surface area contributed by atoms with Crippen LogP contribution in [-0.2, 0) is 21.2 Å². The Kier molecular flexibility index (Phi) is 5.14. The second kappa shape index (κ2) is 7.75. The van der Waals surface area contributed by atoms with E-state index in [1.807, 2.05) is 31.2 Å². The van der Waals surface area contributed by atoms with Crippen molar-refractivity contribution < 1.29 is 17.9 Å². The molecule has 9 heteroatoms. The van der Waals surface area contributed by atoms with Crippen LogP contribution in [-0.4, -0.2) is 43.4 Å². The summed E-state index contributed by atoms with van der Waals surface area (Å²) in [7, 11) is -3.27. The van der Waals surface area contributed by atoms with Crippen LogP contribution in [0.1, 0.15) is 18.9 Å². The lowest BCUT2D eigenvalue weighted by atomic mass is 10.1. The first-order valence-corrected chi connectivity index (χ1v) is 11.1. The first-order chi connectivity index (χ1) is 14.0. The largest absolute Gasteiger partial charge is 0.494 e. The van der Waals surface area contributed by atoms with Crippen LogP contribution in [0.25, 0.3) is 10.9 Å². The van der Waals surface area contributed by atoms with Crippen molar-refractivity contribution in [3.63, 3.8) is 0 Å². The topological polar surface area (TPSA) is 104 Å². The molecule has 1 aliphatic heterocycles. The molecular weight excluding hydrogens is 392 g/mol. The third-order valence-corrected chi connectivity index (χ3v) is 6.64. The van der Waals surface area contributed by atoms with Gasteiger partial charge in [0.1, 0.15) is 5.75 Å². The molecule has 4 rings (SSSR count). The molecule has 0 bridgehead atoms. The molecule has 1 aromatic heterocycles. The van der Waals surface area contributed by atoms with Crippen LogP contribution in [0.3, 0.4) is 0 Å². The maximum Gasteiger partial charge on any atom is 0.235 e. The SMILES string of the molecule is CCOc1cccc(CC(=O)Nc2n[nH]c3ccc(N4CCCS4(=O)=O)cc23)c1. The monoisotopic (exact) mass is 414 g/mol.